The molecule has 0 saturated carbocycles. The Morgan fingerprint density at radius 2 is 1.85 bits per heavy atom. The number of urea groups is 1. The van der Waals surface area contributed by atoms with Gasteiger partial charge in [-0.2, -0.15) is 0 Å². The fourth-order valence-electron chi connectivity index (χ4n) is 3.76. The van der Waals surface area contributed by atoms with Crippen molar-refractivity contribution in [3.63, 3.8) is 0 Å². The number of ether oxygens (including phenoxy) is 1. The number of methoxy groups -OCH3 is 1. The van der Waals surface area contributed by atoms with Crippen LogP contribution in [0.25, 0.3) is 0 Å². The minimum absolute atomic E-state index is 0.231. The normalized spacial score (nSPS) is 25.4. The lowest BCUT2D eigenvalue weighted by molar-refractivity contribution is -0.545. The molecule has 2 atom stereocenters. The number of nitrogens with zero attached hydrogens (tertiary/aromatic N) is 5. The Bertz CT molecular complexity index is 845. The van der Waals surface area contributed by atoms with Gasteiger partial charge in [0.2, 0.25) is 11.9 Å². The third kappa shape index (κ3) is 2.28. The number of aliphatic imine (C=N–C) groups is 1. The zero-order valence-electron chi connectivity index (χ0n) is 15.3. The molecular formula is C18H22N5O3+. The van der Waals surface area contributed by atoms with Gasteiger partial charge < -0.3 is 4.74 Å². The first-order valence-corrected chi connectivity index (χ1v) is 8.61. The highest BCUT2D eigenvalue weighted by Crippen LogP contribution is 2.28. The van der Waals surface area contributed by atoms with E-state index in [1.807, 2.05) is 28.8 Å². The van der Waals surface area contributed by atoms with E-state index in [1.165, 1.54) is 16.8 Å². The van der Waals surface area contributed by atoms with Gasteiger partial charge in [0.1, 0.15) is 11.4 Å². The molecule has 3 aliphatic rings. The maximum absolute atomic E-state index is 12.8. The summed E-state index contributed by atoms with van der Waals surface area (Å²) in [5, 5.41) is 0. The maximum Gasteiger partial charge on any atom is 0.397 e. The van der Waals surface area contributed by atoms with Crippen LogP contribution in [0.1, 0.15) is 6.92 Å². The average Bonchev–Trinajstić information content (AvgIpc) is 3.03. The van der Waals surface area contributed by atoms with Gasteiger partial charge in [-0.3, -0.25) is 14.6 Å². The third-order valence-corrected chi connectivity index (χ3v) is 5.14. The van der Waals surface area contributed by atoms with Crippen LogP contribution in [0.3, 0.4) is 0 Å². The van der Waals surface area contributed by atoms with Crippen molar-refractivity contribution in [2.75, 3.05) is 39.2 Å². The van der Waals surface area contributed by atoms with Crippen LogP contribution in [-0.2, 0) is 4.79 Å². The van der Waals surface area contributed by atoms with E-state index in [0.717, 1.165) is 30.5 Å². The number of carbonyl (C=O) groups excluding carboxylic acids is 2. The van der Waals surface area contributed by atoms with Crippen molar-refractivity contribution in [3.8, 4) is 5.75 Å². The Kier molecular flexibility index (Phi) is 3.71. The number of likely N-dealkylation sites (N-methyl/N-ethyl adjacent to an activating group) is 2. The summed E-state index contributed by atoms with van der Waals surface area (Å²) in [5.74, 6) is 2.12. The summed E-state index contributed by atoms with van der Waals surface area (Å²) < 4.78 is 7.24. The Morgan fingerprint density at radius 1 is 1.15 bits per heavy atom. The molecule has 1 aromatic rings. The highest BCUT2D eigenvalue weighted by atomic mass is 16.5. The predicted octanol–water partition coefficient (Wildman–Crippen LogP) is 0.824. The Hall–Kier alpha value is -2.90. The standard InChI is InChI=1S/C18H22N5O3/c1-11-9-22(12-5-7-13(26-4)8-6-12)17-19-15-14(23(17)10-11)16(24)21(3)18(25)20(15)2/h5-8,11,14H,9-10H2,1-4H3/q+1. The zero-order chi connectivity index (χ0) is 18.6. The van der Waals surface area contributed by atoms with Crippen LogP contribution in [0.2, 0.25) is 0 Å². The molecule has 0 aliphatic carbocycles. The van der Waals surface area contributed by atoms with Crippen LogP contribution in [0.5, 0.6) is 5.75 Å². The van der Waals surface area contributed by atoms with Crippen LogP contribution in [0.4, 0.5) is 10.5 Å². The minimum Gasteiger partial charge on any atom is -0.497 e. The number of anilines is 1. The number of hydrogen-bond donors (Lipinski definition) is 0. The predicted molar refractivity (Wildman–Crippen MR) is 96.8 cm³/mol. The highest BCUT2D eigenvalue weighted by Gasteiger charge is 2.54. The monoisotopic (exact) mass is 356 g/mol. The number of fused-ring (bicyclic) bond motifs is 2. The smallest absolute Gasteiger partial charge is 0.397 e. The molecule has 3 heterocycles. The van der Waals surface area contributed by atoms with Crippen LogP contribution in [0, 0.1) is 5.92 Å². The van der Waals surface area contributed by atoms with E-state index >= 15 is 0 Å². The molecule has 3 amide bonds. The second-order valence-electron chi connectivity index (χ2n) is 6.98. The number of carbonyl (C=O) groups is 2. The number of rotatable bonds is 2. The van der Waals surface area contributed by atoms with Crippen LogP contribution < -0.4 is 9.64 Å². The lowest BCUT2D eigenvalue weighted by Crippen LogP contribution is -2.62. The summed E-state index contributed by atoms with van der Waals surface area (Å²) in [4.78, 5) is 34.5. The number of amides is 3. The van der Waals surface area contributed by atoms with E-state index in [2.05, 4.69) is 11.8 Å². The van der Waals surface area contributed by atoms with Crippen molar-refractivity contribution in [3.05, 3.63) is 24.3 Å². The Labute approximate surface area is 152 Å². The maximum atomic E-state index is 12.8. The molecular weight excluding hydrogens is 334 g/mol. The summed E-state index contributed by atoms with van der Waals surface area (Å²) in [6, 6.07) is 6.88. The molecule has 136 valence electrons. The van der Waals surface area contributed by atoms with Crippen molar-refractivity contribution < 1.29 is 18.9 Å². The first-order chi connectivity index (χ1) is 12.4. The SMILES string of the molecule is COc1ccc(N2CC(C)C[N+]3=C2N=C2C3C(=O)N(C)C(=O)N2C)cc1. The molecule has 0 spiro atoms. The van der Waals surface area contributed by atoms with Gasteiger partial charge in [0.15, 0.2) is 0 Å². The van der Waals surface area contributed by atoms with Gasteiger partial charge in [-0.1, -0.05) is 11.9 Å². The summed E-state index contributed by atoms with van der Waals surface area (Å²) in [7, 11) is 4.82. The van der Waals surface area contributed by atoms with Crippen molar-refractivity contribution in [2.45, 2.75) is 13.0 Å². The van der Waals surface area contributed by atoms with Gasteiger partial charge in [-0.05, 0) is 24.3 Å². The molecule has 26 heavy (non-hydrogen) atoms. The summed E-state index contributed by atoms with van der Waals surface area (Å²) in [6.45, 7) is 3.67. The quantitative estimate of drug-likeness (QED) is 0.736. The fourth-order valence-corrected chi connectivity index (χ4v) is 3.76. The first kappa shape index (κ1) is 16.6. The molecule has 1 aromatic carbocycles. The van der Waals surface area contributed by atoms with Gasteiger partial charge in [0.25, 0.3) is 5.91 Å². The molecule has 8 nitrogen and oxygen atoms in total. The number of guanidine groups is 1. The van der Waals surface area contributed by atoms with Crippen molar-refractivity contribution >= 4 is 29.4 Å². The average molecular weight is 356 g/mol. The summed E-state index contributed by atoms with van der Waals surface area (Å²) in [5.41, 5.74) is 0.982. The van der Waals surface area contributed by atoms with E-state index in [0.29, 0.717) is 11.8 Å². The fraction of sp³-hybridized carbons (Fsp3) is 0.444. The van der Waals surface area contributed by atoms with Gasteiger partial charge in [-0.25, -0.2) is 14.3 Å². The van der Waals surface area contributed by atoms with E-state index in [1.54, 1.807) is 14.2 Å². The molecule has 0 radical (unpaired) electrons. The molecule has 4 rings (SSSR count). The highest BCUT2D eigenvalue weighted by molar-refractivity contribution is 6.23. The van der Waals surface area contributed by atoms with Gasteiger partial charge in [0.05, 0.1) is 20.2 Å². The van der Waals surface area contributed by atoms with Crippen LogP contribution in [-0.4, -0.2) is 78.4 Å². The van der Waals surface area contributed by atoms with E-state index < -0.39 is 6.04 Å². The Morgan fingerprint density at radius 3 is 2.50 bits per heavy atom. The number of amidine groups is 1. The zero-order valence-corrected chi connectivity index (χ0v) is 15.3. The molecule has 0 aromatic heterocycles. The molecule has 3 aliphatic heterocycles. The number of hydrogen-bond acceptors (Lipinski definition) is 5. The second kappa shape index (κ2) is 5.82. The van der Waals surface area contributed by atoms with E-state index in [4.69, 9.17) is 9.73 Å². The third-order valence-electron chi connectivity index (χ3n) is 5.14. The van der Waals surface area contributed by atoms with Crippen molar-refractivity contribution in [2.24, 2.45) is 10.9 Å². The van der Waals surface area contributed by atoms with Crippen LogP contribution >= 0.6 is 0 Å². The number of imide groups is 1. The van der Waals surface area contributed by atoms with Crippen LogP contribution in [0.15, 0.2) is 29.3 Å². The van der Waals surface area contributed by atoms with Gasteiger partial charge in [-0.15, -0.1) is 0 Å². The van der Waals surface area contributed by atoms with Crippen molar-refractivity contribution in [1.29, 1.82) is 0 Å². The topological polar surface area (TPSA) is 68.5 Å². The molecule has 0 bridgehead atoms. The van der Waals surface area contributed by atoms with Crippen molar-refractivity contribution in [1.82, 2.24) is 9.80 Å². The molecule has 8 heteroatoms. The summed E-state index contributed by atoms with van der Waals surface area (Å²) in [6.07, 6.45) is 0. The largest absolute Gasteiger partial charge is 0.497 e. The first-order valence-electron chi connectivity index (χ1n) is 8.61. The van der Waals surface area contributed by atoms with E-state index in [-0.39, 0.29) is 11.9 Å². The lowest BCUT2D eigenvalue weighted by Gasteiger charge is -2.33. The molecule has 1 fully saturated rings. The summed E-state index contributed by atoms with van der Waals surface area (Å²) >= 11 is 0. The van der Waals surface area contributed by atoms with Gasteiger partial charge >= 0.3 is 12.0 Å². The molecule has 2 unspecified atom stereocenters. The molecule has 1 saturated heterocycles. The lowest BCUT2D eigenvalue weighted by atomic mass is 10.1. The van der Waals surface area contributed by atoms with Gasteiger partial charge in [0, 0.05) is 20.0 Å². The minimum atomic E-state index is -0.541. The Balaban J connectivity index is 1.78. The van der Waals surface area contributed by atoms with E-state index in [9.17, 15) is 9.59 Å². The number of benzene rings is 1. The second-order valence-corrected chi connectivity index (χ2v) is 6.98. The molecule has 0 N–H and O–H groups in total.